The van der Waals surface area contributed by atoms with Crippen LogP contribution in [0.2, 0.25) is 0 Å². The highest BCUT2D eigenvalue weighted by molar-refractivity contribution is 9.10. The van der Waals surface area contributed by atoms with Gasteiger partial charge < -0.3 is 15.5 Å². The second-order valence-corrected chi connectivity index (χ2v) is 5.00. The van der Waals surface area contributed by atoms with Crippen LogP contribution >= 0.6 is 15.9 Å². The van der Waals surface area contributed by atoms with E-state index >= 15 is 0 Å². The molecule has 100 valence electrons. The number of carbonyl (C=O) groups excluding carboxylic acids is 1. The van der Waals surface area contributed by atoms with Crippen molar-refractivity contribution in [3.63, 3.8) is 0 Å². The molecule has 0 aromatic heterocycles. The van der Waals surface area contributed by atoms with Crippen molar-refractivity contribution >= 4 is 22.0 Å². The summed E-state index contributed by atoms with van der Waals surface area (Å²) in [5.74, 6) is -0.262. The van der Waals surface area contributed by atoms with E-state index < -0.39 is 0 Å². The second-order valence-electron chi connectivity index (χ2n) is 4.08. The summed E-state index contributed by atoms with van der Waals surface area (Å²) in [6.45, 7) is 1.73. The molecule has 0 heterocycles. The van der Waals surface area contributed by atoms with Crippen LogP contribution in [0.1, 0.15) is 5.56 Å². The van der Waals surface area contributed by atoms with Crippen LogP contribution in [0.4, 0.5) is 9.18 Å². The molecule has 0 atom stereocenters. The summed E-state index contributed by atoms with van der Waals surface area (Å²) in [4.78, 5) is 12.7. The Bertz CT molecular complexity index is 392. The Morgan fingerprint density at radius 3 is 2.67 bits per heavy atom. The van der Waals surface area contributed by atoms with E-state index in [9.17, 15) is 9.18 Å². The topological polar surface area (TPSA) is 44.4 Å². The lowest BCUT2D eigenvalue weighted by Gasteiger charge is -2.12. The van der Waals surface area contributed by atoms with Gasteiger partial charge in [-0.05, 0) is 23.8 Å². The molecule has 0 saturated heterocycles. The lowest BCUT2D eigenvalue weighted by molar-refractivity contribution is 0.217. The fourth-order valence-electron chi connectivity index (χ4n) is 1.36. The van der Waals surface area contributed by atoms with Crippen LogP contribution in [-0.4, -0.2) is 38.1 Å². The normalized spacial score (nSPS) is 10.2. The highest BCUT2D eigenvalue weighted by Crippen LogP contribution is 2.14. The molecule has 2 amide bonds. The van der Waals surface area contributed by atoms with Crippen LogP contribution in [0.25, 0.3) is 0 Å². The van der Waals surface area contributed by atoms with Gasteiger partial charge in [0.25, 0.3) is 0 Å². The molecule has 0 fully saturated rings. The number of rotatable bonds is 5. The third-order valence-electron chi connectivity index (χ3n) is 2.24. The molecule has 1 aromatic rings. The van der Waals surface area contributed by atoms with Crippen molar-refractivity contribution < 1.29 is 9.18 Å². The fourth-order valence-corrected chi connectivity index (χ4v) is 1.87. The quantitative estimate of drug-likeness (QED) is 0.815. The van der Waals surface area contributed by atoms with E-state index in [0.29, 0.717) is 19.6 Å². The van der Waals surface area contributed by atoms with Gasteiger partial charge in [-0.15, -0.1) is 0 Å². The van der Waals surface area contributed by atoms with Crippen molar-refractivity contribution in [2.75, 3.05) is 27.2 Å². The maximum Gasteiger partial charge on any atom is 0.316 e. The molecule has 0 aliphatic rings. The van der Waals surface area contributed by atoms with Gasteiger partial charge in [0.2, 0.25) is 0 Å². The summed E-state index contributed by atoms with van der Waals surface area (Å²) >= 11 is 3.24. The van der Waals surface area contributed by atoms with E-state index in [1.54, 1.807) is 14.1 Å². The van der Waals surface area contributed by atoms with Crippen LogP contribution < -0.4 is 10.6 Å². The minimum absolute atomic E-state index is 0.120. The van der Waals surface area contributed by atoms with E-state index in [1.165, 1.54) is 17.0 Å². The molecule has 1 aromatic carbocycles. The van der Waals surface area contributed by atoms with E-state index in [1.807, 2.05) is 6.07 Å². The number of nitrogens with zero attached hydrogens (tertiary/aromatic N) is 1. The van der Waals surface area contributed by atoms with Crippen LogP contribution in [0.3, 0.4) is 0 Å². The maximum atomic E-state index is 13.1. The monoisotopic (exact) mass is 317 g/mol. The van der Waals surface area contributed by atoms with Gasteiger partial charge in [0, 0.05) is 38.2 Å². The molecule has 0 spiro atoms. The standard InChI is InChI=1S/C12H17BrFN3O/c1-17(2)12(18)16-4-3-15-8-9-5-10(13)7-11(14)6-9/h5-7,15H,3-4,8H2,1-2H3,(H,16,18). The van der Waals surface area contributed by atoms with Crippen molar-refractivity contribution in [3.05, 3.63) is 34.1 Å². The number of amides is 2. The highest BCUT2D eigenvalue weighted by Gasteiger charge is 2.01. The number of nitrogens with one attached hydrogen (secondary N) is 2. The summed E-state index contributed by atoms with van der Waals surface area (Å²) in [7, 11) is 3.38. The van der Waals surface area contributed by atoms with Crippen molar-refractivity contribution in [1.82, 2.24) is 15.5 Å². The Labute approximate surface area is 115 Å². The zero-order valence-corrected chi connectivity index (χ0v) is 12.1. The Morgan fingerprint density at radius 1 is 1.33 bits per heavy atom. The summed E-state index contributed by atoms with van der Waals surface area (Å²) in [6, 6.07) is 4.64. The second kappa shape index (κ2) is 7.33. The van der Waals surface area contributed by atoms with Gasteiger partial charge in [0.15, 0.2) is 0 Å². The first-order valence-electron chi connectivity index (χ1n) is 5.60. The highest BCUT2D eigenvalue weighted by atomic mass is 79.9. The Morgan fingerprint density at radius 2 is 2.06 bits per heavy atom. The molecule has 0 saturated carbocycles. The van der Waals surface area contributed by atoms with Gasteiger partial charge in [-0.25, -0.2) is 9.18 Å². The lowest BCUT2D eigenvalue weighted by Crippen LogP contribution is -2.38. The maximum absolute atomic E-state index is 13.1. The van der Waals surface area contributed by atoms with Crippen molar-refractivity contribution in [2.45, 2.75) is 6.54 Å². The fraction of sp³-hybridized carbons (Fsp3) is 0.417. The van der Waals surface area contributed by atoms with Crippen LogP contribution in [0.5, 0.6) is 0 Å². The number of halogens is 2. The first-order chi connectivity index (χ1) is 8.49. The smallest absolute Gasteiger partial charge is 0.316 e. The summed E-state index contributed by atoms with van der Waals surface area (Å²) in [5.41, 5.74) is 0.862. The first kappa shape index (κ1) is 14.9. The molecule has 6 heteroatoms. The van der Waals surface area contributed by atoms with Gasteiger partial charge in [-0.2, -0.15) is 0 Å². The summed E-state index contributed by atoms with van der Waals surface area (Å²) < 4.78 is 13.8. The summed E-state index contributed by atoms with van der Waals surface area (Å²) in [5, 5.41) is 5.86. The molecule has 4 nitrogen and oxygen atoms in total. The number of benzene rings is 1. The van der Waals surface area contributed by atoms with Crippen molar-refractivity contribution in [1.29, 1.82) is 0 Å². The van der Waals surface area contributed by atoms with Crippen LogP contribution in [0, 0.1) is 5.82 Å². The minimum atomic E-state index is -0.262. The first-order valence-corrected chi connectivity index (χ1v) is 6.39. The minimum Gasteiger partial charge on any atom is -0.337 e. The lowest BCUT2D eigenvalue weighted by atomic mass is 10.2. The third-order valence-corrected chi connectivity index (χ3v) is 2.69. The SMILES string of the molecule is CN(C)C(=O)NCCNCc1cc(F)cc(Br)c1. The van der Waals surface area contributed by atoms with Gasteiger partial charge in [0.1, 0.15) is 5.82 Å². The predicted octanol–water partition coefficient (Wildman–Crippen LogP) is 1.95. The number of carbonyl (C=O) groups is 1. The third kappa shape index (κ3) is 5.46. The number of hydrogen-bond acceptors (Lipinski definition) is 2. The van der Waals surface area contributed by atoms with Gasteiger partial charge >= 0.3 is 6.03 Å². The molecule has 1 rings (SSSR count). The van der Waals surface area contributed by atoms with Gasteiger partial charge in [-0.3, -0.25) is 0 Å². The van der Waals surface area contributed by atoms with E-state index in [-0.39, 0.29) is 11.8 Å². The molecular formula is C12H17BrFN3O. The average Bonchev–Trinajstić information content (AvgIpc) is 2.26. The van der Waals surface area contributed by atoms with E-state index in [4.69, 9.17) is 0 Å². The number of urea groups is 1. The Hall–Kier alpha value is -1.14. The molecule has 0 aliphatic carbocycles. The molecule has 2 N–H and O–H groups in total. The van der Waals surface area contributed by atoms with E-state index in [0.717, 1.165) is 10.0 Å². The van der Waals surface area contributed by atoms with Crippen molar-refractivity contribution in [2.24, 2.45) is 0 Å². The largest absolute Gasteiger partial charge is 0.337 e. The Balaban J connectivity index is 2.24. The molecule has 0 unspecified atom stereocenters. The Kier molecular flexibility index (Phi) is 6.07. The van der Waals surface area contributed by atoms with E-state index in [2.05, 4.69) is 26.6 Å². The molecule has 0 bridgehead atoms. The zero-order chi connectivity index (χ0) is 13.5. The molecule has 18 heavy (non-hydrogen) atoms. The van der Waals surface area contributed by atoms with Crippen LogP contribution in [-0.2, 0) is 6.54 Å². The number of hydrogen-bond donors (Lipinski definition) is 2. The predicted molar refractivity (Wildman–Crippen MR) is 72.9 cm³/mol. The summed E-state index contributed by atoms with van der Waals surface area (Å²) in [6.07, 6.45) is 0. The van der Waals surface area contributed by atoms with Crippen LogP contribution in [0.15, 0.2) is 22.7 Å². The molecule has 0 aliphatic heterocycles. The average molecular weight is 318 g/mol. The molecular weight excluding hydrogens is 301 g/mol. The molecule has 0 radical (unpaired) electrons. The van der Waals surface area contributed by atoms with Gasteiger partial charge in [-0.1, -0.05) is 15.9 Å². The van der Waals surface area contributed by atoms with Crippen molar-refractivity contribution in [3.8, 4) is 0 Å². The van der Waals surface area contributed by atoms with Gasteiger partial charge in [0.05, 0.1) is 0 Å². The zero-order valence-electron chi connectivity index (χ0n) is 10.5.